The molecule has 0 spiro atoms. The average molecular weight is 624 g/mol. The molecule has 0 saturated carbocycles. The Morgan fingerprint density at radius 2 is 1.23 bits per heavy atom. The molecule has 2 aromatic heterocycles. The largest absolute Gasteiger partial charge is 0.507 e. The van der Waals surface area contributed by atoms with Gasteiger partial charge >= 0.3 is 0 Å². The predicted molar refractivity (Wildman–Crippen MR) is 198 cm³/mol. The third kappa shape index (κ3) is 6.08. The summed E-state index contributed by atoms with van der Waals surface area (Å²) in [5.74, 6) is 1.03. The van der Waals surface area contributed by atoms with Crippen LogP contribution in [0, 0.1) is 6.92 Å². The Bertz CT molecular complexity index is 2180. The molecule has 7 rings (SSSR count). The molecule has 0 saturated heterocycles. The van der Waals surface area contributed by atoms with Gasteiger partial charge in [-0.2, -0.15) is 0 Å². The van der Waals surface area contributed by atoms with E-state index in [0.29, 0.717) is 5.56 Å². The number of rotatable bonds is 8. The lowest BCUT2D eigenvalue weighted by Crippen LogP contribution is -2.20. The summed E-state index contributed by atoms with van der Waals surface area (Å²) in [6.45, 7) is 6.56. The van der Waals surface area contributed by atoms with Gasteiger partial charge in [0.2, 0.25) is 0 Å². The van der Waals surface area contributed by atoms with E-state index in [9.17, 15) is 5.11 Å². The van der Waals surface area contributed by atoms with Crippen molar-refractivity contribution in [1.29, 1.82) is 0 Å². The number of hydrogen-bond donors (Lipinski definition) is 1. The molecule has 2 heterocycles. The fourth-order valence-electron chi connectivity index (χ4n) is 6.25. The quantitative estimate of drug-likeness (QED) is 0.183. The Labute approximate surface area is 282 Å². The number of aryl methyl sites for hydroxylation is 1. The van der Waals surface area contributed by atoms with Crippen molar-refractivity contribution in [2.75, 3.05) is 4.90 Å². The number of hydrogen-bond acceptors (Lipinski definition) is 4. The van der Waals surface area contributed by atoms with Crippen molar-refractivity contribution in [3.8, 4) is 39.4 Å². The maximum Gasteiger partial charge on any atom is 0.138 e. The Kier molecular flexibility index (Phi) is 8.31. The summed E-state index contributed by atoms with van der Waals surface area (Å²) in [6, 6.07) is 53.9. The number of aromatic hydroxyl groups is 1. The fraction of sp³-hybridized carbons (Fsp3) is 0.0909. The molecule has 4 nitrogen and oxygen atoms in total. The van der Waals surface area contributed by atoms with Crippen molar-refractivity contribution in [2.45, 2.75) is 26.2 Å². The molecule has 0 aliphatic heterocycles. The van der Waals surface area contributed by atoms with E-state index in [4.69, 9.17) is 9.97 Å². The summed E-state index contributed by atoms with van der Waals surface area (Å²) < 4.78 is 0. The highest BCUT2D eigenvalue weighted by Gasteiger charge is 2.26. The Hall–Kier alpha value is -6.00. The van der Waals surface area contributed by atoms with E-state index in [1.807, 2.05) is 43.5 Å². The SMILES string of the molecule is Cc1ccc(-c2cc(N(c3ccccc3)c3cc(-c4ccccc4)ccn3)cc(C(C)(C)c3ccccc3)c2)nc1-c1ccccc1O. The van der Waals surface area contributed by atoms with Crippen LogP contribution in [0.25, 0.3) is 33.6 Å². The van der Waals surface area contributed by atoms with Crippen LogP contribution in [0.3, 0.4) is 0 Å². The molecule has 0 unspecified atom stereocenters. The summed E-state index contributed by atoms with van der Waals surface area (Å²) in [4.78, 5) is 12.3. The molecule has 0 aliphatic carbocycles. The molecule has 0 fully saturated rings. The Morgan fingerprint density at radius 1 is 0.562 bits per heavy atom. The molecule has 7 aromatic rings. The fourth-order valence-corrected chi connectivity index (χ4v) is 6.25. The summed E-state index contributed by atoms with van der Waals surface area (Å²) in [7, 11) is 0. The maximum atomic E-state index is 10.7. The minimum Gasteiger partial charge on any atom is -0.507 e. The molecule has 0 aliphatic rings. The van der Waals surface area contributed by atoms with Crippen LogP contribution < -0.4 is 4.90 Å². The predicted octanol–water partition coefficient (Wildman–Crippen LogP) is 11.3. The second-order valence-electron chi connectivity index (χ2n) is 12.6. The molecule has 5 aromatic carbocycles. The van der Waals surface area contributed by atoms with E-state index in [1.165, 1.54) is 5.56 Å². The minimum absolute atomic E-state index is 0.213. The van der Waals surface area contributed by atoms with Crippen LogP contribution in [0.15, 0.2) is 164 Å². The zero-order valence-corrected chi connectivity index (χ0v) is 27.4. The van der Waals surface area contributed by atoms with Gasteiger partial charge in [-0.25, -0.2) is 9.97 Å². The standard InChI is InChI=1S/C44H37N3O/c1-31-23-24-40(46-43(31)39-21-13-14-22-41(39)48)34-27-36(44(2,3)35-17-9-5-10-18-35)30-38(28-34)47(37-19-11-6-12-20-37)42-29-33(25-26-45-42)32-15-7-4-8-16-32/h4-30,48H,1-3H3. The van der Waals surface area contributed by atoms with E-state index >= 15 is 0 Å². The van der Waals surface area contributed by atoms with Crippen molar-refractivity contribution in [3.05, 3.63) is 181 Å². The third-order valence-electron chi connectivity index (χ3n) is 9.04. The summed E-state index contributed by atoms with van der Waals surface area (Å²) >= 11 is 0. The Balaban J connectivity index is 1.46. The van der Waals surface area contributed by atoms with E-state index < -0.39 is 0 Å². The van der Waals surface area contributed by atoms with Crippen LogP contribution in [0.4, 0.5) is 17.2 Å². The molecule has 0 radical (unpaired) electrons. The number of phenolic OH excluding ortho intramolecular Hbond substituents is 1. The van der Waals surface area contributed by atoms with Crippen LogP contribution in [0.2, 0.25) is 0 Å². The van der Waals surface area contributed by atoms with Crippen molar-refractivity contribution >= 4 is 17.2 Å². The normalized spacial score (nSPS) is 11.3. The van der Waals surface area contributed by atoms with Gasteiger partial charge in [-0.05, 0) is 95.4 Å². The molecular weight excluding hydrogens is 587 g/mol. The van der Waals surface area contributed by atoms with Crippen LogP contribution in [0.1, 0.15) is 30.5 Å². The second kappa shape index (κ2) is 13.0. The van der Waals surface area contributed by atoms with Crippen LogP contribution >= 0.6 is 0 Å². The summed E-state index contributed by atoms with van der Waals surface area (Å²) in [5, 5.41) is 10.7. The maximum absolute atomic E-state index is 10.7. The van der Waals surface area contributed by atoms with Crippen molar-refractivity contribution in [3.63, 3.8) is 0 Å². The molecule has 0 bridgehead atoms. The summed E-state index contributed by atoms with van der Waals surface area (Å²) in [6.07, 6.45) is 1.88. The van der Waals surface area contributed by atoms with E-state index in [1.54, 1.807) is 6.07 Å². The number of para-hydroxylation sites is 2. The smallest absolute Gasteiger partial charge is 0.138 e. The summed E-state index contributed by atoms with van der Waals surface area (Å²) in [5.41, 5.74) is 10.5. The van der Waals surface area contributed by atoms with Crippen molar-refractivity contribution in [2.24, 2.45) is 0 Å². The van der Waals surface area contributed by atoms with Gasteiger partial charge in [-0.1, -0.05) is 111 Å². The first kappa shape index (κ1) is 30.6. The zero-order valence-electron chi connectivity index (χ0n) is 27.4. The van der Waals surface area contributed by atoms with Gasteiger partial charge in [0.1, 0.15) is 11.6 Å². The van der Waals surface area contributed by atoms with Gasteiger partial charge in [0.25, 0.3) is 0 Å². The molecule has 1 N–H and O–H groups in total. The minimum atomic E-state index is -0.321. The monoisotopic (exact) mass is 623 g/mol. The van der Waals surface area contributed by atoms with Gasteiger partial charge in [-0.15, -0.1) is 0 Å². The molecule has 4 heteroatoms. The lowest BCUT2D eigenvalue weighted by Gasteiger charge is -2.30. The number of aromatic nitrogens is 2. The van der Waals surface area contributed by atoms with Crippen molar-refractivity contribution in [1.82, 2.24) is 9.97 Å². The van der Waals surface area contributed by atoms with Crippen LogP contribution in [0.5, 0.6) is 5.75 Å². The molecule has 0 atom stereocenters. The van der Waals surface area contributed by atoms with E-state index in [2.05, 4.69) is 140 Å². The number of anilines is 3. The van der Waals surface area contributed by atoms with Gasteiger partial charge < -0.3 is 5.11 Å². The van der Waals surface area contributed by atoms with Crippen LogP contribution in [-0.2, 0) is 5.41 Å². The highest BCUT2D eigenvalue weighted by molar-refractivity contribution is 5.82. The first-order chi connectivity index (χ1) is 23.4. The number of phenols is 1. The number of benzene rings is 5. The highest BCUT2D eigenvalue weighted by Crippen LogP contribution is 2.42. The number of pyridine rings is 2. The van der Waals surface area contributed by atoms with Crippen LogP contribution in [-0.4, -0.2) is 15.1 Å². The lowest BCUT2D eigenvalue weighted by atomic mass is 9.77. The second-order valence-corrected chi connectivity index (χ2v) is 12.6. The molecule has 48 heavy (non-hydrogen) atoms. The molecular formula is C44H37N3O. The Morgan fingerprint density at radius 3 is 1.96 bits per heavy atom. The topological polar surface area (TPSA) is 49.2 Å². The first-order valence-corrected chi connectivity index (χ1v) is 16.2. The van der Waals surface area contributed by atoms with E-state index in [0.717, 1.165) is 56.4 Å². The van der Waals surface area contributed by atoms with Gasteiger partial charge in [0, 0.05) is 34.1 Å². The average Bonchev–Trinajstić information content (AvgIpc) is 3.13. The first-order valence-electron chi connectivity index (χ1n) is 16.2. The zero-order chi connectivity index (χ0) is 33.1. The highest BCUT2D eigenvalue weighted by atomic mass is 16.3. The number of nitrogens with zero attached hydrogens (tertiary/aromatic N) is 3. The molecule has 234 valence electrons. The lowest BCUT2D eigenvalue weighted by molar-refractivity contribution is 0.477. The van der Waals surface area contributed by atoms with Gasteiger partial charge in [0.05, 0.1) is 11.4 Å². The molecule has 0 amide bonds. The van der Waals surface area contributed by atoms with E-state index in [-0.39, 0.29) is 11.2 Å². The van der Waals surface area contributed by atoms with Gasteiger partial charge in [0.15, 0.2) is 0 Å². The third-order valence-corrected chi connectivity index (χ3v) is 9.04. The van der Waals surface area contributed by atoms with Crippen molar-refractivity contribution < 1.29 is 5.11 Å². The van der Waals surface area contributed by atoms with Gasteiger partial charge in [-0.3, -0.25) is 4.90 Å².